The molecule has 21 heavy (non-hydrogen) atoms. The van der Waals surface area contributed by atoms with Crippen LogP contribution in [0.1, 0.15) is 30.2 Å². The summed E-state index contributed by atoms with van der Waals surface area (Å²) in [6, 6.07) is 7.23. The summed E-state index contributed by atoms with van der Waals surface area (Å²) in [5.74, 6) is 0. The molecule has 0 spiro atoms. The Labute approximate surface area is 124 Å². The van der Waals surface area contributed by atoms with E-state index >= 15 is 0 Å². The third kappa shape index (κ3) is 3.43. The summed E-state index contributed by atoms with van der Waals surface area (Å²) in [7, 11) is -3.81. The van der Waals surface area contributed by atoms with Gasteiger partial charge in [-0.05, 0) is 31.0 Å². The van der Waals surface area contributed by atoms with Crippen molar-refractivity contribution < 1.29 is 13.5 Å². The predicted octanol–water partition coefficient (Wildman–Crippen LogP) is 1.96. The average molecular weight is 309 g/mol. The number of aromatic nitrogens is 2. The highest BCUT2D eigenvalue weighted by molar-refractivity contribution is 7.92. The molecule has 0 amide bonds. The van der Waals surface area contributed by atoms with Crippen molar-refractivity contribution in [2.24, 2.45) is 0 Å². The van der Waals surface area contributed by atoms with Crippen LogP contribution in [0.15, 0.2) is 29.3 Å². The zero-order valence-corrected chi connectivity index (χ0v) is 12.9. The Morgan fingerprint density at radius 3 is 2.52 bits per heavy atom. The van der Waals surface area contributed by atoms with Gasteiger partial charge in [0.15, 0.2) is 0 Å². The van der Waals surface area contributed by atoms with Crippen LogP contribution in [0.25, 0.3) is 0 Å². The van der Waals surface area contributed by atoms with Gasteiger partial charge < -0.3 is 5.11 Å². The third-order valence-corrected chi connectivity index (χ3v) is 4.54. The van der Waals surface area contributed by atoms with Crippen molar-refractivity contribution in [1.82, 2.24) is 10.2 Å². The second-order valence-corrected chi connectivity index (χ2v) is 6.44. The molecule has 1 heterocycles. The van der Waals surface area contributed by atoms with Gasteiger partial charge in [-0.1, -0.05) is 25.5 Å². The maximum atomic E-state index is 12.3. The Hall–Kier alpha value is -1.86. The lowest BCUT2D eigenvalue weighted by Gasteiger charge is -2.08. The van der Waals surface area contributed by atoms with Crippen molar-refractivity contribution in [3.63, 3.8) is 0 Å². The number of hydrogen-bond acceptors (Lipinski definition) is 4. The summed E-state index contributed by atoms with van der Waals surface area (Å²) in [4.78, 5) is 0. The number of aromatic amines is 1. The summed E-state index contributed by atoms with van der Waals surface area (Å²) in [5.41, 5.74) is 2.45. The number of rotatable bonds is 6. The van der Waals surface area contributed by atoms with Gasteiger partial charge in [0.25, 0.3) is 10.0 Å². The number of sulfonamides is 1. The van der Waals surface area contributed by atoms with Gasteiger partial charge in [-0.2, -0.15) is 13.5 Å². The fraction of sp³-hybridized carbons (Fsp3) is 0.357. The molecule has 0 atom stereocenters. The van der Waals surface area contributed by atoms with Crippen LogP contribution < -0.4 is 4.72 Å². The number of H-pyrrole nitrogens is 1. The molecular formula is C14H19N3O3S. The normalized spacial score (nSPS) is 11.6. The van der Waals surface area contributed by atoms with E-state index in [-0.39, 0.29) is 17.2 Å². The predicted molar refractivity (Wildman–Crippen MR) is 80.5 cm³/mol. The van der Waals surface area contributed by atoms with Crippen molar-refractivity contribution in [3.8, 4) is 0 Å². The van der Waals surface area contributed by atoms with Gasteiger partial charge in [-0.3, -0.25) is 9.82 Å². The summed E-state index contributed by atoms with van der Waals surface area (Å²) < 4.78 is 27.1. The summed E-state index contributed by atoms with van der Waals surface area (Å²) in [6.45, 7) is 3.37. The lowest BCUT2D eigenvalue weighted by molar-refractivity contribution is 0.277. The number of nitrogens with zero attached hydrogens (tertiary/aromatic N) is 1. The lowest BCUT2D eigenvalue weighted by Crippen LogP contribution is -2.15. The van der Waals surface area contributed by atoms with Crippen molar-refractivity contribution in [2.45, 2.75) is 38.3 Å². The first-order valence-corrected chi connectivity index (χ1v) is 8.22. The van der Waals surface area contributed by atoms with Crippen LogP contribution in [-0.4, -0.2) is 23.7 Å². The van der Waals surface area contributed by atoms with E-state index in [1.165, 1.54) is 0 Å². The van der Waals surface area contributed by atoms with Crippen LogP contribution in [0.4, 0.5) is 5.69 Å². The first-order valence-electron chi connectivity index (χ1n) is 6.74. The van der Waals surface area contributed by atoms with E-state index in [2.05, 4.69) is 21.8 Å². The second kappa shape index (κ2) is 6.28. The van der Waals surface area contributed by atoms with Crippen LogP contribution in [0.2, 0.25) is 0 Å². The van der Waals surface area contributed by atoms with Gasteiger partial charge in [-0.25, -0.2) is 0 Å². The minimum atomic E-state index is -3.81. The lowest BCUT2D eigenvalue weighted by atomic mass is 10.1. The fourth-order valence-corrected chi connectivity index (χ4v) is 3.32. The highest BCUT2D eigenvalue weighted by Crippen LogP contribution is 2.20. The number of benzene rings is 1. The number of aryl methyl sites for hydroxylation is 2. The molecule has 0 unspecified atom stereocenters. The Balaban J connectivity index is 2.24. The van der Waals surface area contributed by atoms with Crippen LogP contribution in [0.5, 0.6) is 0 Å². The SMILES string of the molecule is CCCc1ccc(NS(=O)(=O)c2n[nH]c(C)c2CO)cc1. The quantitative estimate of drug-likeness (QED) is 0.760. The molecule has 2 rings (SSSR count). The standard InChI is InChI=1S/C14H19N3O3S/c1-3-4-11-5-7-12(8-6-11)17-21(19,20)14-13(9-18)10(2)15-16-14/h5-8,17-18H,3-4,9H2,1-2H3,(H,15,16). The maximum Gasteiger partial charge on any atom is 0.281 e. The average Bonchev–Trinajstić information content (AvgIpc) is 2.83. The van der Waals surface area contributed by atoms with E-state index in [1.807, 2.05) is 12.1 Å². The highest BCUT2D eigenvalue weighted by Gasteiger charge is 2.23. The minimum Gasteiger partial charge on any atom is -0.392 e. The van der Waals surface area contributed by atoms with Crippen LogP contribution >= 0.6 is 0 Å². The minimum absolute atomic E-state index is 0.167. The number of nitrogens with one attached hydrogen (secondary N) is 2. The topological polar surface area (TPSA) is 95.1 Å². The first kappa shape index (κ1) is 15.5. The zero-order chi connectivity index (χ0) is 15.5. The monoisotopic (exact) mass is 309 g/mol. The summed E-state index contributed by atoms with van der Waals surface area (Å²) >= 11 is 0. The molecule has 3 N–H and O–H groups in total. The molecule has 0 saturated carbocycles. The molecular weight excluding hydrogens is 290 g/mol. The van der Waals surface area contributed by atoms with Gasteiger partial charge >= 0.3 is 0 Å². The fourth-order valence-electron chi connectivity index (χ4n) is 2.07. The van der Waals surface area contributed by atoms with Crippen molar-refractivity contribution in [1.29, 1.82) is 0 Å². The molecule has 1 aromatic heterocycles. The largest absolute Gasteiger partial charge is 0.392 e. The van der Waals surface area contributed by atoms with Gasteiger partial charge in [0.1, 0.15) is 0 Å². The molecule has 0 aliphatic rings. The smallest absolute Gasteiger partial charge is 0.281 e. The van der Waals surface area contributed by atoms with Crippen LogP contribution in [0, 0.1) is 6.92 Å². The number of anilines is 1. The molecule has 0 bridgehead atoms. The number of aliphatic hydroxyl groups is 1. The Morgan fingerprint density at radius 1 is 1.29 bits per heavy atom. The molecule has 0 fully saturated rings. The molecule has 2 aromatic rings. The van der Waals surface area contributed by atoms with E-state index in [9.17, 15) is 13.5 Å². The third-order valence-electron chi connectivity index (χ3n) is 3.19. The number of aliphatic hydroxyl groups excluding tert-OH is 1. The van der Waals surface area contributed by atoms with E-state index in [4.69, 9.17) is 0 Å². The molecule has 0 saturated heterocycles. The number of hydrogen-bond donors (Lipinski definition) is 3. The van der Waals surface area contributed by atoms with E-state index in [0.717, 1.165) is 18.4 Å². The molecule has 7 heteroatoms. The maximum absolute atomic E-state index is 12.3. The van der Waals surface area contributed by atoms with Gasteiger partial charge in [0.05, 0.1) is 6.61 Å². The van der Waals surface area contributed by atoms with Gasteiger partial charge in [-0.15, -0.1) is 0 Å². The second-order valence-electron chi connectivity index (χ2n) is 4.84. The molecule has 0 aliphatic heterocycles. The van der Waals surface area contributed by atoms with Gasteiger partial charge in [0.2, 0.25) is 5.03 Å². The van der Waals surface area contributed by atoms with E-state index in [0.29, 0.717) is 11.4 Å². The highest BCUT2D eigenvalue weighted by atomic mass is 32.2. The Morgan fingerprint density at radius 2 is 1.95 bits per heavy atom. The molecule has 114 valence electrons. The molecule has 0 aliphatic carbocycles. The van der Waals surface area contributed by atoms with Crippen LogP contribution in [0.3, 0.4) is 0 Å². The Kier molecular flexibility index (Phi) is 4.64. The van der Waals surface area contributed by atoms with Crippen molar-refractivity contribution in [2.75, 3.05) is 4.72 Å². The van der Waals surface area contributed by atoms with Crippen molar-refractivity contribution >= 4 is 15.7 Å². The summed E-state index contributed by atoms with van der Waals surface area (Å²) in [5, 5.41) is 15.4. The molecule has 0 radical (unpaired) electrons. The molecule has 1 aromatic carbocycles. The first-order chi connectivity index (χ1) is 9.97. The molecule has 6 nitrogen and oxygen atoms in total. The van der Waals surface area contributed by atoms with E-state index < -0.39 is 10.0 Å². The Bertz CT molecular complexity index is 706. The zero-order valence-electron chi connectivity index (χ0n) is 12.0. The van der Waals surface area contributed by atoms with Crippen LogP contribution in [-0.2, 0) is 23.1 Å². The van der Waals surface area contributed by atoms with Gasteiger partial charge in [0, 0.05) is 16.9 Å². The van der Waals surface area contributed by atoms with E-state index in [1.54, 1.807) is 19.1 Å². The summed E-state index contributed by atoms with van der Waals surface area (Å²) in [6.07, 6.45) is 2.00. The van der Waals surface area contributed by atoms with Crippen molar-refractivity contribution in [3.05, 3.63) is 41.1 Å².